The first-order chi connectivity index (χ1) is 16.9. The van der Waals surface area contributed by atoms with Crippen LogP contribution in [0.2, 0.25) is 0 Å². The second kappa shape index (κ2) is 7.66. The molecule has 1 saturated carbocycles. The summed E-state index contributed by atoms with van der Waals surface area (Å²) in [6, 6.07) is 12.9. The predicted molar refractivity (Wildman–Crippen MR) is 125 cm³/mol. The van der Waals surface area contributed by atoms with E-state index in [4.69, 9.17) is 14.2 Å². The predicted octanol–water partition coefficient (Wildman–Crippen LogP) is 3.50. The minimum Gasteiger partial charge on any atom is -0.497 e. The van der Waals surface area contributed by atoms with Crippen LogP contribution in [0, 0.1) is 5.41 Å². The molecule has 0 aromatic heterocycles. The van der Waals surface area contributed by atoms with Gasteiger partial charge in [-0.3, -0.25) is 19.4 Å². The van der Waals surface area contributed by atoms with E-state index in [0.717, 1.165) is 24.0 Å². The maximum atomic E-state index is 14.2. The Morgan fingerprint density at radius 3 is 2.31 bits per heavy atom. The van der Waals surface area contributed by atoms with E-state index in [1.165, 1.54) is 6.92 Å². The van der Waals surface area contributed by atoms with Crippen molar-refractivity contribution in [1.82, 2.24) is 5.01 Å². The van der Waals surface area contributed by atoms with Crippen LogP contribution in [0.15, 0.2) is 53.6 Å². The molecule has 0 radical (unpaired) electrons. The van der Waals surface area contributed by atoms with Gasteiger partial charge in [0.25, 0.3) is 5.79 Å². The summed E-state index contributed by atoms with van der Waals surface area (Å²) in [5, 5.41) is 6.21. The molecule has 0 N–H and O–H groups in total. The van der Waals surface area contributed by atoms with Crippen molar-refractivity contribution in [3.63, 3.8) is 0 Å². The Kier molecular flexibility index (Phi) is 4.78. The molecule has 0 unspecified atom stereocenters. The number of carbonyl (C=O) groups excluding carboxylic acids is 3. The van der Waals surface area contributed by atoms with Gasteiger partial charge in [-0.1, -0.05) is 36.4 Å². The number of carbonyl (C=O) groups is 3. The Bertz CT molecular complexity index is 1230. The van der Waals surface area contributed by atoms with Crippen LogP contribution in [0.4, 0.5) is 0 Å². The molecule has 2 aromatic carbocycles. The van der Waals surface area contributed by atoms with Gasteiger partial charge in [0.2, 0.25) is 5.41 Å². The number of nitrogens with zero attached hydrogens (tertiary/aromatic N) is 2. The van der Waals surface area contributed by atoms with E-state index in [-0.39, 0.29) is 5.78 Å². The fourth-order valence-electron chi connectivity index (χ4n) is 6.36. The maximum absolute atomic E-state index is 14.2. The lowest BCUT2D eigenvalue weighted by Crippen LogP contribution is -2.59. The minimum absolute atomic E-state index is 0.203. The molecule has 8 heteroatoms. The first-order valence-corrected chi connectivity index (χ1v) is 11.9. The van der Waals surface area contributed by atoms with Crippen LogP contribution in [-0.2, 0) is 23.9 Å². The van der Waals surface area contributed by atoms with Gasteiger partial charge < -0.3 is 14.2 Å². The van der Waals surface area contributed by atoms with Crippen molar-refractivity contribution in [3.05, 3.63) is 65.2 Å². The Morgan fingerprint density at radius 1 is 1.03 bits per heavy atom. The highest BCUT2D eigenvalue weighted by Crippen LogP contribution is 2.63. The minimum atomic E-state index is -1.80. The molecule has 3 fully saturated rings. The molecule has 8 nitrogen and oxygen atoms in total. The van der Waals surface area contributed by atoms with Crippen LogP contribution in [0.25, 0.3) is 0 Å². The molecule has 2 spiro atoms. The summed E-state index contributed by atoms with van der Waals surface area (Å²) in [6.45, 7) is 1.46. The summed E-state index contributed by atoms with van der Waals surface area (Å²) in [5.74, 6) is -2.96. The van der Waals surface area contributed by atoms with Gasteiger partial charge in [0.15, 0.2) is 5.78 Å². The largest absolute Gasteiger partial charge is 0.497 e. The van der Waals surface area contributed by atoms with Crippen molar-refractivity contribution in [2.24, 2.45) is 10.5 Å². The quantitative estimate of drug-likeness (QED) is 0.496. The molecular formula is C27H26N2O6. The van der Waals surface area contributed by atoms with Gasteiger partial charge in [-0.25, -0.2) is 0 Å². The topological polar surface area (TPSA) is 94.5 Å². The van der Waals surface area contributed by atoms with Crippen LogP contribution >= 0.6 is 0 Å². The fraction of sp³-hybridized carbons (Fsp3) is 0.407. The lowest BCUT2D eigenvalue weighted by atomic mass is 9.65. The number of ether oxygens (including phenoxy) is 3. The van der Waals surface area contributed by atoms with Gasteiger partial charge in [0.05, 0.1) is 13.3 Å². The van der Waals surface area contributed by atoms with E-state index in [2.05, 4.69) is 5.10 Å². The highest BCUT2D eigenvalue weighted by Gasteiger charge is 2.75. The summed E-state index contributed by atoms with van der Waals surface area (Å²) in [5.41, 5.74) is 0.366. The number of ketones is 1. The highest BCUT2D eigenvalue weighted by molar-refractivity contribution is 6.07. The maximum Gasteiger partial charge on any atom is 0.330 e. The van der Waals surface area contributed by atoms with E-state index in [1.54, 1.807) is 42.6 Å². The summed E-state index contributed by atoms with van der Waals surface area (Å²) in [4.78, 5) is 41.5. The lowest BCUT2D eigenvalue weighted by Gasteiger charge is -2.45. The number of fused-ring (bicyclic) bond motifs is 4. The van der Waals surface area contributed by atoms with Crippen molar-refractivity contribution in [1.29, 1.82) is 0 Å². The van der Waals surface area contributed by atoms with Crippen LogP contribution < -0.4 is 4.74 Å². The number of hydrazone groups is 1. The van der Waals surface area contributed by atoms with Gasteiger partial charge in [-0.05, 0) is 48.6 Å². The first kappa shape index (κ1) is 21.8. The standard InChI is InChI=1S/C27H26N2O6/c1-16(30)22-21(17-9-11-19(33-2)12-10-17)27(23-20-8-4-3-7-18(20)15-28-29(22)23)24(31)34-26(35-25(27)32)13-5-6-14-26/h3-4,7-12,15,21-23H,5-6,13-14H2,1-2H3/t21-,22-,23-/m0/s1. The number of hydrogen-bond donors (Lipinski definition) is 0. The molecular weight excluding hydrogens is 448 g/mol. The average molecular weight is 475 g/mol. The number of hydrogen-bond acceptors (Lipinski definition) is 8. The van der Waals surface area contributed by atoms with Crippen LogP contribution in [0.1, 0.15) is 61.3 Å². The van der Waals surface area contributed by atoms with E-state index < -0.39 is 41.1 Å². The second-order valence-corrected chi connectivity index (χ2v) is 9.73. The van der Waals surface area contributed by atoms with Crippen molar-refractivity contribution in [2.75, 3.05) is 7.11 Å². The molecule has 6 rings (SSSR count). The highest BCUT2D eigenvalue weighted by atomic mass is 16.7. The van der Waals surface area contributed by atoms with Gasteiger partial charge in [0.1, 0.15) is 17.8 Å². The normalized spacial score (nSPS) is 27.4. The molecule has 3 aliphatic heterocycles. The van der Waals surface area contributed by atoms with E-state index in [0.29, 0.717) is 24.2 Å². The number of benzene rings is 2. The zero-order valence-corrected chi connectivity index (χ0v) is 19.6. The molecule has 3 heterocycles. The molecule has 0 bridgehead atoms. The molecule has 0 amide bonds. The molecule has 2 saturated heterocycles. The molecule has 4 aliphatic rings. The Balaban J connectivity index is 1.60. The van der Waals surface area contributed by atoms with Crippen molar-refractivity contribution in [3.8, 4) is 5.75 Å². The van der Waals surface area contributed by atoms with E-state index >= 15 is 0 Å². The van der Waals surface area contributed by atoms with E-state index in [9.17, 15) is 14.4 Å². The summed E-state index contributed by atoms with van der Waals surface area (Å²) in [6.07, 6.45) is 4.26. The zero-order valence-electron chi connectivity index (χ0n) is 19.6. The number of Topliss-reactive ketones (excluding diaryl/α,β-unsaturated/α-hetero) is 1. The number of esters is 2. The van der Waals surface area contributed by atoms with Crippen molar-refractivity contribution in [2.45, 2.75) is 56.4 Å². The SMILES string of the molecule is COc1ccc([C@H]2[C@H](C(C)=O)N3N=Cc4ccccc4[C@H]3C23C(=O)OC2(CCCC2)OC3=O)cc1. The number of methoxy groups -OCH3 is 1. The Hall–Kier alpha value is -3.68. The zero-order chi connectivity index (χ0) is 24.4. The average Bonchev–Trinajstić information content (AvgIpc) is 3.44. The van der Waals surface area contributed by atoms with Gasteiger partial charge >= 0.3 is 11.9 Å². The van der Waals surface area contributed by atoms with Gasteiger partial charge in [-0.15, -0.1) is 0 Å². The summed E-state index contributed by atoms with van der Waals surface area (Å²) >= 11 is 0. The second-order valence-electron chi connectivity index (χ2n) is 9.73. The smallest absolute Gasteiger partial charge is 0.330 e. The number of rotatable bonds is 3. The van der Waals surface area contributed by atoms with Gasteiger partial charge in [0, 0.05) is 18.8 Å². The van der Waals surface area contributed by atoms with Crippen LogP contribution in [0.3, 0.4) is 0 Å². The summed E-state index contributed by atoms with van der Waals surface area (Å²) < 4.78 is 17.4. The first-order valence-electron chi connectivity index (χ1n) is 11.9. The van der Waals surface area contributed by atoms with Gasteiger partial charge in [-0.2, -0.15) is 5.10 Å². The van der Waals surface area contributed by atoms with Crippen molar-refractivity contribution >= 4 is 23.9 Å². The Labute approximate surface area is 202 Å². The molecule has 3 atom stereocenters. The monoisotopic (exact) mass is 474 g/mol. The fourth-order valence-corrected chi connectivity index (χ4v) is 6.36. The Morgan fingerprint density at radius 2 is 1.69 bits per heavy atom. The molecule has 1 aliphatic carbocycles. The third-order valence-corrected chi connectivity index (χ3v) is 7.90. The van der Waals surface area contributed by atoms with Crippen LogP contribution in [-0.4, -0.2) is 47.9 Å². The van der Waals surface area contributed by atoms with E-state index in [1.807, 2.05) is 24.3 Å². The third-order valence-electron chi connectivity index (χ3n) is 7.90. The third kappa shape index (κ3) is 2.92. The van der Waals surface area contributed by atoms with Crippen molar-refractivity contribution < 1.29 is 28.6 Å². The van der Waals surface area contributed by atoms with Crippen LogP contribution in [0.5, 0.6) is 5.75 Å². The molecule has 2 aromatic rings. The molecule has 35 heavy (non-hydrogen) atoms. The summed E-state index contributed by atoms with van der Waals surface area (Å²) in [7, 11) is 1.56. The molecule has 180 valence electrons. The lowest BCUT2D eigenvalue weighted by molar-refractivity contribution is -0.263.